The zero-order valence-corrected chi connectivity index (χ0v) is 11.8. The smallest absolute Gasteiger partial charge is 0.179 e. The molecule has 1 aromatic carbocycles. The number of pyridine rings is 1. The van der Waals surface area contributed by atoms with E-state index in [2.05, 4.69) is 32.0 Å². The number of aromatic amines is 1. The maximum Gasteiger partial charge on any atom is 0.179 e. The van der Waals surface area contributed by atoms with Gasteiger partial charge in [0.1, 0.15) is 0 Å². The van der Waals surface area contributed by atoms with Crippen molar-refractivity contribution in [2.24, 2.45) is 0 Å². The number of hydrogen-bond acceptors (Lipinski definition) is 2. The van der Waals surface area contributed by atoms with Crippen molar-refractivity contribution in [3.05, 3.63) is 57.4 Å². The van der Waals surface area contributed by atoms with Crippen LogP contribution in [0.2, 0.25) is 0 Å². The first-order valence-electron chi connectivity index (χ1n) is 5.52. The van der Waals surface area contributed by atoms with Crippen molar-refractivity contribution < 1.29 is 0 Å². The molecular formula is C13H10BrN3S. The lowest BCUT2D eigenvalue weighted by molar-refractivity contribution is 0.798. The second-order valence-corrected chi connectivity index (χ2v) is 5.22. The fourth-order valence-corrected chi connectivity index (χ4v) is 2.60. The zero-order chi connectivity index (χ0) is 12.5. The predicted octanol–water partition coefficient (Wildman–Crippen LogP) is 3.90. The van der Waals surface area contributed by atoms with Crippen LogP contribution in [-0.2, 0) is 6.54 Å². The van der Waals surface area contributed by atoms with E-state index in [0.717, 1.165) is 15.6 Å². The van der Waals surface area contributed by atoms with Gasteiger partial charge in [-0.15, -0.1) is 0 Å². The molecule has 3 nitrogen and oxygen atoms in total. The van der Waals surface area contributed by atoms with Crippen LogP contribution in [0.5, 0.6) is 0 Å². The lowest BCUT2D eigenvalue weighted by atomic mass is 10.2. The summed E-state index contributed by atoms with van der Waals surface area (Å²) >= 11 is 8.90. The van der Waals surface area contributed by atoms with E-state index in [9.17, 15) is 0 Å². The van der Waals surface area contributed by atoms with Gasteiger partial charge >= 0.3 is 0 Å². The van der Waals surface area contributed by atoms with Crippen molar-refractivity contribution in [3.63, 3.8) is 0 Å². The fourth-order valence-electron chi connectivity index (χ4n) is 1.93. The summed E-state index contributed by atoms with van der Waals surface area (Å²) in [7, 11) is 0. The van der Waals surface area contributed by atoms with Crippen molar-refractivity contribution in [1.29, 1.82) is 0 Å². The molecule has 0 fully saturated rings. The Bertz CT molecular complexity index is 760. The van der Waals surface area contributed by atoms with Crippen LogP contribution in [-0.4, -0.2) is 14.5 Å². The largest absolute Gasteiger partial charge is 0.329 e. The average Bonchev–Trinajstić information content (AvgIpc) is 2.69. The number of aromatic nitrogens is 3. The minimum Gasteiger partial charge on any atom is -0.329 e. The van der Waals surface area contributed by atoms with Crippen molar-refractivity contribution in [3.8, 4) is 0 Å². The van der Waals surface area contributed by atoms with Gasteiger partial charge in [-0.25, -0.2) is 4.98 Å². The standard InChI is InChI=1S/C13H10BrN3S/c14-10-5-2-1-4-9(10)8-17-12-11(16-13(17)18)6-3-7-15-12/h1-7H,8H2,(H,16,18). The molecule has 5 heteroatoms. The van der Waals surface area contributed by atoms with Gasteiger partial charge in [-0.1, -0.05) is 34.1 Å². The Hall–Kier alpha value is -1.46. The molecule has 0 radical (unpaired) electrons. The third-order valence-electron chi connectivity index (χ3n) is 2.82. The summed E-state index contributed by atoms with van der Waals surface area (Å²) in [5.74, 6) is 0. The van der Waals surface area contributed by atoms with Crippen molar-refractivity contribution in [1.82, 2.24) is 14.5 Å². The quantitative estimate of drug-likeness (QED) is 0.727. The number of H-pyrrole nitrogens is 1. The van der Waals surface area contributed by atoms with E-state index < -0.39 is 0 Å². The van der Waals surface area contributed by atoms with Crippen LogP contribution in [0.15, 0.2) is 47.1 Å². The summed E-state index contributed by atoms with van der Waals surface area (Å²) in [6.45, 7) is 0.706. The highest BCUT2D eigenvalue weighted by Gasteiger charge is 2.07. The number of benzene rings is 1. The second kappa shape index (κ2) is 4.66. The first-order chi connectivity index (χ1) is 8.75. The third kappa shape index (κ3) is 2.00. The number of rotatable bonds is 2. The van der Waals surface area contributed by atoms with E-state index in [1.54, 1.807) is 6.20 Å². The number of fused-ring (bicyclic) bond motifs is 1. The first kappa shape index (κ1) is 11.6. The van der Waals surface area contributed by atoms with E-state index in [1.165, 1.54) is 5.56 Å². The summed E-state index contributed by atoms with van der Waals surface area (Å²) in [6, 6.07) is 12.0. The minimum absolute atomic E-state index is 0.694. The summed E-state index contributed by atoms with van der Waals surface area (Å²) in [5, 5.41) is 0. The number of hydrogen-bond donors (Lipinski definition) is 1. The van der Waals surface area contributed by atoms with Gasteiger partial charge in [0.25, 0.3) is 0 Å². The lowest BCUT2D eigenvalue weighted by Crippen LogP contribution is -2.01. The van der Waals surface area contributed by atoms with Crippen LogP contribution in [0, 0.1) is 4.77 Å². The lowest BCUT2D eigenvalue weighted by Gasteiger charge is -2.06. The molecule has 0 bridgehead atoms. The highest BCUT2D eigenvalue weighted by atomic mass is 79.9. The van der Waals surface area contributed by atoms with Crippen molar-refractivity contribution >= 4 is 39.3 Å². The van der Waals surface area contributed by atoms with Crippen molar-refractivity contribution in [2.75, 3.05) is 0 Å². The molecule has 0 aliphatic rings. The van der Waals surface area contributed by atoms with E-state index in [4.69, 9.17) is 12.2 Å². The molecule has 2 aromatic heterocycles. The molecule has 0 amide bonds. The Balaban J connectivity index is 2.13. The number of nitrogens with one attached hydrogen (secondary N) is 1. The zero-order valence-electron chi connectivity index (χ0n) is 9.43. The van der Waals surface area contributed by atoms with E-state index in [0.29, 0.717) is 11.3 Å². The van der Waals surface area contributed by atoms with Crippen LogP contribution in [0.3, 0.4) is 0 Å². The monoisotopic (exact) mass is 319 g/mol. The normalized spacial score (nSPS) is 10.9. The Morgan fingerprint density at radius 2 is 2.06 bits per heavy atom. The molecule has 0 saturated carbocycles. The maximum absolute atomic E-state index is 5.35. The second-order valence-electron chi connectivity index (χ2n) is 3.98. The number of halogens is 1. The molecule has 2 heterocycles. The summed E-state index contributed by atoms with van der Waals surface area (Å²) in [6.07, 6.45) is 1.78. The van der Waals surface area contributed by atoms with Gasteiger partial charge in [0.15, 0.2) is 10.4 Å². The van der Waals surface area contributed by atoms with Crippen molar-refractivity contribution in [2.45, 2.75) is 6.54 Å². The maximum atomic E-state index is 5.35. The molecule has 0 aliphatic carbocycles. The molecule has 0 atom stereocenters. The molecule has 1 N–H and O–H groups in total. The number of nitrogens with zero attached hydrogens (tertiary/aromatic N) is 2. The molecule has 0 spiro atoms. The molecule has 3 rings (SSSR count). The SMILES string of the molecule is S=c1[nH]c2cccnc2n1Cc1ccccc1Br. The number of imidazole rings is 1. The molecule has 0 saturated heterocycles. The molecule has 0 unspecified atom stereocenters. The summed E-state index contributed by atoms with van der Waals surface area (Å²) in [5.41, 5.74) is 3.04. The van der Waals surface area contributed by atoms with Crippen LogP contribution < -0.4 is 0 Å². The van der Waals surface area contributed by atoms with Gasteiger partial charge in [0.2, 0.25) is 0 Å². The molecule has 90 valence electrons. The highest BCUT2D eigenvalue weighted by molar-refractivity contribution is 9.10. The van der Waals surface area contributed by atoms with Gasteiger partial charge in [0.05, 0.1) is 12.1 Å². The van der Waals surface area contributed by atoms with Gasteiger partial charge in [-0.2, -0.15) is 0 Å². The Labute approximate surface area is 118 Å². The van der Waals surface area contributed by atoms with Gasteiger partial charge in [-0.05, 0) is 36.0 Å². The van der Waals surface area contributed by atoms with E-state index in [-0.39, 0.29) is 0 Å². The van der Waals surface area contributed by atoms with Crippen LogP contribution in [0.25, 0.3) is 11.2 Å². The molecule has 18 heavy (non-hydrogen) atoms. The molecule has 3 aromatic rings. The topological polar surface area (TPSA) is 33.6 Å². The van der Waals surface area contributed by atoms with Crippen LogP contribution in [0.1, 0.15) is 5.56 Å². The first-order valence-corrected chi connectivity index (χ1v) is 6.73. The van der Waals surface area contributed by atoms with Gasteiger partial charge in [0, 0.05) is 10.7 Å². The summed E-state index contributed by atoms with van der Waals surface area (Å²) < 4.78 is 3.78. The van der Waals surface area contributed by atoms with Crippen LogP contribution in [0.4, 0.5) is 0 Å². The summed E-state index contributed by atoms with van der Waals surface area (Å²) in [4.78, 5) is 7.54. The van der Waals surface area contributed by atoms with E-state index >= 15 is 0 Å². The Morgan fingerprint density at radius 3 is 2.89 bits per heavy atom. The Kier molecular flexibility index (Phi) is 3.01. The van der Waals surface area contributed by atoms with Gasteiger partial charge < -0.3 is 4.98 Å². The average molecular weight is 320 g/mol. The molecular weight excluding hydrogens is 310 g/mol. The highest BCUT2D eigenvalue weighted by Crippen LogP contribution is 2.19. The molecule has 0 aliphatic heterocycles. The minimum atomic E-state index is 0.694. The fraction of sp³-hybridized carbons (Fsp3) is 0.0769. The van der Waals surface area contributed by atoms with Crippen LogP contribution >= 0.6 is 28.1 Å². The van der Waals surface area contributed by atoms with Gasteiger partial charge in [-0.3, -0.25) is 4.57 Å². The Morgan fingerprint density at radius 1 is 1.22 bits per heavy atom. The third-order valence-corrected chi connectivity index (χ3v) is 3.91. The predicted molar refractivity (Wildman–Crippen MR) is 78.2 cm³/mol. The van der Waals surface area contributed by atoms with E-state index in [1.807, 2.05) is 34.9 Å².